The van der Waals surface area contributed by atoms with E-state index in [2.05, 4.69) is 22.9 Å². The fourth-order valence-corrected chi connectivity index (χ4v) is 2.67. The van der Waals surface area contributed by atoms with Crippen molar-refractivity contribution in [2.75, 3.05) is 5.32 Å². The van der Waals surface area contributed by atoms with Crippen LogP contribution in [0.4, 0.5) is 5.69 Å². The average molecular weight is 376 g/mol. The Morgan fingerprint density at radius 2 is 1.52 bits per heavy atom. The molecular formula is C21H33N3O3. The van der Waals surface area contributed by atoms with Gasteiger partial charge >= 0.3 is 0 Å². The summed E-state index contributed by atoms with van der Waals surface area (Å²) in [5, 5.41) is 8.25. The average Bonchev–Trinajstić information content (AvgIpc) is 2.61. The van der Waals surface area contributed by atoms with Crippen LogP contribution in [0.2, 0.25) is 0 Å². The second-order valence-electron chi connectivity index (χ2n) is 7.21. The first-order valence-corrected chi connectivity index (χ1v) is 9.78. The molecule has 2 atom stereocenters. The first-order valence-electron chi connectivity index (χ1n) is 9.78. The maximum absolute atomic E-state index is 12.5. The minimum absolute atomic E-state index is 0.0767. The number of hydrogen-bond donors (Lipinski definition) is 3. The molecule has 0 heterocycles. The summed E-state index contributed by atoms with van der Waals surface area (Å²) in [6, 6.07) is 6.32. The number of amides is 3. The number of benzene rings is 1. The van der Waals surface area contributed by atoms with Gasteiger partial charge in [0.2, 0.25) is 17.7 Å². The van der Waals surface area contributed by atoms with Crippen LogP contribution in [0, 0.1) is 5.92 Å². The molecule has 6 heteroatoms. The van der Waals surface area contributed by atoms with Crippen LogP contribution in [0.3, 0.4) is 0 Å². The molecule has 0 bridgehead atoms. The largest absolute Gasteiger partial charge is 0.344 e. The summed E-state index contributed by atoms with van der Waals surface area (Å²) < 4.78 is 0. The van der Waals surface area contributed by atoms with Crippen LogP contribution in [-0.2, 0) is 20.8 Å². The van der Waals surface area contributed by atoms with Gasteiger partial charge in [0, 0.05) is 12.1 Å². The lowest BCUT2D eigenvalue weighted by Gasteiger charge is -2.23. The van der Waals surface area contributed by atoms with Crippen molar-refractivity contribution in [3.05, 3.63) is 29.8 Å². The third kappa shape index (κ3) is 7.81. The van der Waals surface area contributed by atoms with Gasteiger partial charge in [-0.1, -0.05) is 46.2 Å². The second-order valence-corrected chi connectivity index (χ2v) is 7.21. The molecule has 0 saturated carbocycles. The smallest absolute Gasteiger partial charge is 0.246 e. The van der Waals surface area contributed by atoms with E-state index >= 15 is 0 Å². The molecule has 0 aromatic heterocycles. The zero-order valence-electron chi connectivity index (χ0n) is 17.1. The third-order valence-electron chi connectivity index (χ3n) is 4.25. The van der Waals surface area contributed by atoms with E-state index in [1.165, 1.54) is 5.56 Å². The number of anilines is 1. The number of rotatable bonds is 10. The Labute approximate surface area is 162 Å². The van der Waals surface area contributed by atoms with Gasteiger partial charge in [0.15, 0.2) is 0 Å². The molecule has 0 aliphatic heterocycles. The molecule has 0 fully saturated rings. The van der Waals surface area contributed by atoms with Gasteiger partial charge in [0.25, 0.3) is 0 Å². The molecule has 6 nitrogen and oxygen atoms in total. The van der Waals surface area contributed by atoms with Crippen LogP contribution >= 0.6 is 0 Å². The molecular weight excluding hydrogens is 342 g/mol. The maximum atomic E-state index is 12.5. The molecule has 0 aliphatic carbocycles. The predicted molar refractivity (Wildman–Crippen MR) is 108 cm³/mol. The van der Waals surface area contributed by atoms with Crippen LogP contribution in [0.1, 0.15) is 59.4 Å². The first kappa shape index (κ1) is 22.7. The Hall–Kier alpha value is -2.37. The van der Waals surface area contributed by atoms with Crippen molar-refractivity contribution in [1.29, 1.82) is 0 Å². The van der Waals surface area contributed by atoms with Gasteiger partial charge < -0.3 is 16.0 Å². The van der Waals surface area contributed by atoms with Crippen molar-refractivity contribution in [2.24, 2.45) is 5.92 Å². The van der Waals surface area contributed by atoms with E-state index in [0.29, 0.717) is 18.5 Å². The van der Waals surface area contributed by atoms with Gasteiger partial charge in [-0.05, 0) is 43.4 Å². The summed E-state index contributed by atoms with van der Waals surface area (Å²) in [6.07, 6.45) is 3.16. The van der Waals surface area contributed by atoms with Crippen LogP contribution in [0.25, 0.3) is 0 Å². The number of aryl methyl sites for hydroxylation is 1. The van der Waals surface area contributed by atoms with Crippen molar-refractivity contribution >= 4 is 23.4 Å². The lowest BCUT2D eigenvalue weighted by atomic mass is 10.0. The highest BCUT2D eigenvalue weighted by atomic mass is 16.2. The molecule has 0 saturated heterocycles. The normalized spacial score (nSPS) is 13.0. The van der Waals surface area contributed by atoms with E-state index in [1.807, 2.05) is 45.0 Å². The molecule has 27 heavy (non-hydrogen) atoms. The molecule has 3 amide bonds. The topological polar surface area (TPSA) is 87.3 Å². The van der Waals surface area contributed by atoms with Crippen LogP contribution in [-0.4, -0.2) is 29.8 Å². The molecule has 1 aromatic carbocycles. The van der Waals surface area contributed by atoms with Crippen LogP contribution in [0.5, 0.6) is 0 Å². The highest BCUT2D eigenvalue weighted by molar-refractivity contribution is 5.98. The minimum Gasteiger partial charge on any atom is -0.344 e. The molecule has 1 rings (SSSR count). The molecule has 0 radical (unpaired) electrons. The van der Waals surface area contributed by atoms with Crippen molar-refractivity contribution in [3.63, 3.8) is 0 Å². The zero-order chi connectivity index (χ0) is 20.4. The molecule has 0 aliphatic rings. The molecule has 0 unspecified atom stereocenters. The van der Waals surface area contributed by atoms with Crippen molar-refractivity contribution in [2.45, 2.75) is 72.4 Å². The van der Waals surface area contributed by atoms with Gasteiger partial charge in [0.1, 0.15) is 12.1 Å². The van der Waals surface area contributed by atoms with Gasteiger partial charge in [0.05, 0.1) is 0 Å². The van der Waals surface area contributed by atoms with Crippen molar-refractivity contribution in [1.82, 2.24) is 10.6 Å². The maximum Gasteiger partial charge on any atom is 0.246 e. The van der Waals surface area contributed by atoms with Crippen LogP contribution < -0.4 is 16.0 Å². The van der Waals surface area contributed by atoms with E-state index in [-0.39, 0.29) is 23.6 Å². The fourth-order valence-electron chi connectivity index (χ4n) is 2.67. The second kappa shape index (κ2) is 11.4. The summed E-state index contributed by atoms with van der Waals surface area (Å²) in [6.45, 7) is 9.38. The molecule has 0 spiro atoms. The fraction of sp³-hybridized carbons (Fsp3) is 0.571. The lowest BCUT2D eigenvalue weighted by Crippen LogP contribution is -2.53. The molecule has 150 valence electrons. The Kier molecular flexibility index (Phi) is 9.54. The van der Waals surface area contributed by atoms with E-state index < -0.39 is 12.1 Å². The van der Waals surface area contributed by atoms with Crippen LogP contribution in [0.15, 0.2) is 24.3 Å². The summed E-state index contributed by atoms with van der Waals surface area (Å²) in [5.41, 5.74) is 1.91. The van der Waals surface area contributed by atoms with Crippen molar-refractivity contribution in [3.8, 4) is 0 Å². The van der Waals surface area contributed by atoms with Crippen molar-refractivity contribution < 1.29 is 14.4 Å². The van der Waals surface area contributed by atoms with E-state index in [9.17, 15) is 14.4 Å². The number of nitrogens with one attached hydrogen (secondary N) is 3. The molecule has 1 aromatic rings. The van der Waals surface area contributed by atoms with Gasteiger partial charge in [-0.3, -0.25) is 14.4 Å². The Balaban J connectivity index is 2.63. The summed E-state index contributed by atoms with van der Waals surface area (Å²) in [5.74, 6) is -0.882. The summed E-state index contributed by atoms with van der Waals surface area (Å²) in [4.78, 5) is 36.7. The Morgan fingerprint density at radius 3 is 2.04 bits per heavy atom. The molecule has 3 N–H and O–H groups in total. The standard InChI is InChI=1S/C21H33N3O3/c1-6-8-16-10-12-17(13-11-16)23-20(26)15(5)22-21(27)19(14(3)4)24-18(25)9-7-2/h10-15,19H,6-9H2,1-5H3,(H,22,27)(H,23,26)(H,24,25)/t15-,19-/m0/s1. The third-order valence-corrected chi connectivity index (χ3v) is 4.25. The summed E-state index contributed by atoms with van der Waals surface area (Å²) in [7, 11) is 0. The SMILES string of the molecule is CCCC(=O)N[C@H](C(=O)N[C@@H](C)C(=O)Nc1ccc(CCC)cc1)C(C)C. The predicted octanol–water partition coefficient (Wildman–Crippen LogP) is 3.02. The van der Waals surface area contributed by atoms with Gasteiger partial charge in [-0.2, -0.15) is 0 Å². The van der Waals surface area contributed by atoms with E-state index in [4.69, 9.17) is 0 Å². The minimum atomic E-state index is -0.711. The van der Waals surface area contributed by atoms with E-state index in [0.717, 1.165) is 12.8 Å². The summed E-state index contributed by atoms with van der Waals surface area (Å²) >= 11 is 0. The first-order chi connectivity index (χ1) is 12.8. The highest BCUT2D eigenvalue weighted by Crippen LogP contribution is 2.11. The Bertz CT molecular complexity index is 626. The quantitative estimate of drug-likeness (QED) is 0.587. The van der Waals surface area contributed by atoms with Gasteiger partial charge in [-0.15, -0.1) is 0 Å². The Morgan fingerprint density at radius 1 is 0.889 bits per heavy atom. The highest BCUT2D eigenvalue weighted by Gasteiger charge is 2.26. The number of carbonyl (C=O) groups is 3. The number of hydrogen-bond acceptors (Lipinski definition) is 3. The zero-order valence-corrected chi connectivity index (χ0v) is 17.1. The lowest BCUT2D eigenvalue weighted by molar-refractivity contribution is -0.131. The monoisotopic (exact) mass is 375 g/mol. The van der Waals surface area contributed by atoms with Gasteiger partial charge in [-0.25, -0.2) is 0 Å². The van der Waals surface area contributed by atoms with E-state index in [1.54, 1.807) is 6.92 Å². The number of carbonyl (C=O) groups excluding carboxylic acids is 3.